The van der Waals surface area contributed by atoms with Crippen LogP contribution < -0.4 is 4.57 Å². The lowest BCUT2D eigenvalue weighted by Gasteiger charge is -2.14. The molecule has 1 aromatic heterocycles. The van der Waals surface area contributed by atoms with Crippen molar-refractivity contribution in [2.24, 2.45) is 7.05 Å². The number of aromatic nitrogens is 2. The Labute approximate surface area is 227 Å². The molecule has 0 radical (unpaired) electrons. The van der Waals surface area contributed by atoms with Crippen LogP contribution in [0.15, 0.2) is 128 Å². The molecule has 1 aliphatic rings. The smallest absolute Gasteiger partial charge is 0.262 e. The zero-order chi connectivity index (χ0) is 26.8. The van der Waals surface area contributed by atoms with E-state index < -0.39 is 0 Å². The van der Waals surface area contributed by atoms with Gasteiger partial charge in [0.1, 0.15) is 18.9 Å². The molecule has 39 heavy (non-hydrogen) atoms. The zero-order valence-corrected chi connectivity index (χ0v) is 21.7. The van der Waals surface area contributed by atoms with Crippen molar-refractivity contribution in [1.29, 1.82) is 0 Å². The molecule has 5 heteroatoms. The highest BCUT2D eigenvalue weighted by Crippen LogP contribution is 2.37. The maximum Gasteiger partial charge on any atom is 0.262 e. The Kier molecular flexibility index (Phi) is 6.47. The van der Waals surface area contributed by atoms with Gasteiger partial charge in [-0.3, -0.25) is 14.5 Å². The number of amides is 2. The predicted molar refractivity (Wildman–Crippen MR) is 153 cm³/mol. The van der Waals surface area contributed by atoms with Crippen molar-refractivity contribution in [2.75, 3.05) is 6.54 Å². The Balaban J connectivity index is 1.37. The summed E-state index contributed by atoms with van der Waals surface area (Å²) < 4.78 is 3.91. The van der Waals surface area contributed by atoms with E-state index in [1.54, 1.807) is 0 Å². The molecule has 0 bridgehead atoms. The Hall–Kier alpha value is -5.03. The number of carbonyl (C=O) groups is 2. The van der Waals surface area contributed by atoms with Gasteiger partial charge in [0.25, 0.3) is 11.8 Å². The SMILES string of the molecule is C[n+]1ccn(CCN2C(=O)C(c3ccc(-c4ccccc4)cc3)=C(c3ccc(-c4ccccc4)cc3)C2=O)c1. The lowest BCUT2D eigenvalue weighted by molar-refractivity contribution is -0.671. The molecule has 0 aliphatic carbocycles. The van der Waals surface area contributed by atoms with E-state index in [0.717, 1.165) is 33.4 Å². The van der Waals surface area contributed by atoms with Crippen molar-refractivity contribution in [1.82, 2.24) is 9.47 Å². The van der Waals surface area contributed by atoms with E-state index in [0.29, 0.717) is 24.2 Å². The number of carbonyl (C=O) groups excluding carboxylic acids is 2. The summed E-state index contributed by atoms with van der Waals surface area (Å²) in [6.45, 7) is 0.822. The molecule has 4 aromatic carbocycles. The lowest BCUT2D eigenvalue weighted by atomic mass is 9.93. The molecule has 0 saturated heterocycles. The van der Waals surface area contributed by atoms with Gasteiger partial charge in [0.05, 0.1) is 24.7 Å². The number of hydrogen-bond donors (Lipinski definition) is 0. The van der Waals surface area contributed by atoms with Crippen molar-refractivity contribution < 1.29 is 14.2 Å². The fraction of sp³-hybridized carbons (Fsp3) is 0.0882. The third-order valence-corrected chi connectivity index (χ3v) is 7.13. The highest BCUT2D eigenvalue weighted by molar-refractivity contribution is 6.49. The molecule has 5 nitrogen and oxygen atoms in total. The van der Waals surface area contributed by atoms with E-state index in [9.17, 15) is 9.59 Å². The number of rotatable bonds is 7. The Bertz CT molecular complexity index is 1560. The predicted octanol–water partition coefficient (Wildman–Crippen LogP) is 5.63. The molecule has 190 valence electrons. The largest absolute Gasteiger partial charge is 0.270 e. The van der Waals surface area contributed by atoms with E-state index in [2.05, 4.69) is 24.3 Å². The van der Waals surface area contributed by atoms with Crippen LogP contribution in [0, 0.1) is 0 Å². The summed E-state index contributed by atoms with van der Waals surface area (Å²) in [5, 5.41) is 0. The summed E-state index contributed by atoms with van der Waals surface area (Å²) in [5.41, 5.74) is 6.70. The van der Waals surface area contributed by atoms with Gasteiger partial charge in [0.2, 0.25) is 6.33 Å². The minimum absolute atomic E-state index is 0.258. The van der Waals surface area contributed by atoms with Crippen molar-refractivity contribution in [3.05, 3.63) is 139 Å². The summed E-state index contributed by atoms with van der Waals surface area (Å²) >= 11 is 0. The Morgan fingerprint density at radius 3 is 1.36 bits per heavy atom. The van der Waals surface area contributed by atoms with Crippen molar-refractivity contribution in [2.45, 2.75) is 6.54 Å². The highest BCUT2D eigenvalue weighted by Gasteiger charge is 2.39. The second-order valence-electron chi connectivity index (χ2n) is 9.72. The summed E-state index contributed by atoms with van der Waals surface area (Å²) in [6, 6.07) is 36.0. The number of imide groups is 1. The van der Waals surface area contributed by atoms with Crippen molar-refractivity contribution in [3.8, 4) is 22.3 Å². The maximum atomic E-state index is 13.8. The zero-order valence-electron chi connectivity index (χ0n) is 21.7. The van der Waals surface area contributed by atoms with Crippen LogP contribution >= 0.6 is 0 Å². The van der Waals surface area contributed by atoms with Gasteiger partial charge < -0.3 is 0 Å². The first-order valence-corrected chi connectivity index (χ1v) is 13.0. The topological polar surface area (TPSA) is 46.2 Å². The van der Waals surface area contributed by atoms with Crippen LogP contribution in [0.1, 0.15) is 11.1 Å². The lowest BCUT2D eigenvalue weighted by Crippen LogP contribution is -2.34. The summed E-state index contributed by atoms with van der Waals surface area (Å²) in [6.07, 6.45) is 5.81. The van der Waals surface area contributed by atoms with E-state index >= 15 is 0 Å². The van der Waals surface area contributed by atoms with Gasteiger partial charge in [-0.1, -0.05) is 109 Å². The Morgan fingerprint density at radius 1 is 0.538 bits per heavy atom. The van der Waals surface area contributed by atoms with Crippen LogP contribution in [0.5, 0.6) is 0 Å². The van der Waals surface area contributed by atoms with Crippen LogP contribution in [-0.2, 0) is 23.2 Å². The van der Waals surface area contributed by atoms with Crippen LogP contribution in [0.25, 0.3) is 33.4 Å². The van der Waals surface area contributed by atoms with Gasteiger partial charge in [-0.25, -0.2) is 9.13 Å². The second-order valence-corrected chi connectivity index (χ2v) is 9.72. The van der Waals surface area contributed by atoms with Crippen molar-refractivity contribution >= 4 is 23.0 Å². The van der Waals surface area contributed by atoms with Crippen LogP contribution in [0.3, 0.4) is 0 Å². The van der Waals surface area contributed by atoms with E-state index in [-0.39, 0.29) is 11.8 Å². The van der Waals surface area contributed by atoms with Gasteiger partial charge in [-0.2, -0.15) is 0 Å². The summed E-state index contributed by atoms with van der Waals surface area (Å²) in [5.74, 6) is -0.516. The van der Waals surface area contributed by atoms with Gasteiger partial charge in [-0.15, -0.1) is 0 Å². The number of benzene rings is 4. The summed E-state index contributed by atoms with van der Waals surface area (Å²) in [4.78, 5) is 29.0. The number of imidazole rings is 1. The first-order valence-electron chi connectivity index (χ1n) is 13.0. The molecule has 5 aromatic rings. The Morgan fingerprint density at radius 2 is 0.949 bits per heavy atom. The standard InChI is InChI=1S/C34H28N3O2/c1-35-20-21-36(24-35)22-23-37-33(38)31(29-16-12-27(13-17-29)25-8-4-2-5-9-25)32(34(37)39)30-18-14-28(15-19-30)26-10-6-3-7-11-26/h2-21,24H,22-23H2,1H3/q+1. The van der Waals surface area contributed by atoms with Crippen LogP contribution in [0.2, 0.25) is 0 Å². The van der Waals surface area contributed by atoms with Gasteiger partial charge in [-0.05, 0) is 33.4 Å². The maximum absolute atomic E-state index is 13.8. The van der Waals surface area contributed by atoms with Gasteiger partial charge in [0, 0.05) is 0 Å². The monoisotopic (exact) mass is 510 g/mol. The third-order valence-electron chi connectivity index (χ3n) is 7.13. The van der Waals surface area contributed by atoms with E-state index in [1.165, 1.54) is 4.90 Å². The molecule has 2 heterocycles. The van der Waals surface area contributed by atoms with E-state index in [1.807, 2.05) is 120 Å². The average Bonchev–Trinajstić information content (AvgIpc) is 3.52. The molecular formula is C34H28N3O2+. The van der Waals surface area contributed by atoms with Crippen LogP contribution in [0.4, 0.5) is 0 Å². The minimum Gasteiger partial charge on any atom is -0.270 e. The van der Waals surface area contributed by atoms with Gasteiger partial charge in [0.15, 0.2) is 0 Å². The first-order chi connectivity index (χ1) is 19.1. The summed E-state index contributed by atoms with van der Waals surface area (Å²) in [7, 11) is 1.94. The first kappa shape index (κ1) is 24.3. The molecule has 0 unspecified atom stereocenters. The fourth-order valence-electron chi connectivity index (χ4n) is 5.08. The normalized spacial score (nSPS) is 13.4. The molecule has 0 saturated carbocycles. The minimum atomic E-state index is -0.258. The fourth-order valence-corrected chi connectivity index (χ4v) is 5.08. The molecule has 0 spiro atoms. The average molecular weight is 511 g/mol. The van der Waals surface area contributed by atoms with Gasteiger partial charge >= 0.3 is 0 Å². The quantitative estimate of drug-likeness (QED) is 0.211. The van der Waals surface area contributed by atoms with Crippen LogP contribution in [-0.4, -0.2) is 27.8 Å². The number of aryl methyl sites for hydroxylation is 1. The molecular weight excluding hydrogens is 482 g/mol. The molecule has 6 rings (SSSR count). The third kappa shape index (κ3) is 4.82. The molecule has 0 N–H and O–H groups in total. The number of nitrogens with zero attached hydrogens (tertiary/aromatic N) is 3. The molecule has 2 amide bonds. The highest BCUT2D eigenvalue weighted by atomic mass is 16.2. The molecule has 0 fully saturated rings. The van der Waals surface area contributed by atoms with E-state index in [4.69, 9.17) is 0 Å². The number of hydrogen-bond acceptors (Lipinski definition) is 2. The second kappa shape index (κ2) is 10.4. The molecule has 1 aliphatic heterocycles. The molecule has 0 atom stereocenters. The van der Waals surface area contributed by atoms with Crippen molar-refractivity contribution in [3.63, 3.8) is 0 Å².